The highest BCUT2D eigenvalue weighted by Gasteiger charge is 2.13. The highest BCUT2D eigenvalue weighted by atomic mass is 32.1. The van der Waals surface area contributed by atoms with E-state index in [1.54, 1.807) is 6.08 Å². The lowest BCUT2D eigenvalue weighted by molar-refractivity contribution is 0.474. The highest BCUT2D eigenvalue weighted by Crippen LogP contribution is 2.34. The van der Waals surface area contributed by atoms with Crippen molar-refractivity contribution in [2.45, 2.75) is 34.6 Å². The summed E-state index contributed by atoms with van der Waals surface area (Å²) in [6.45, 7) is 15.4. The molecule has 0 saturated carbocycles. The minimum Gasteiger partial charge on any atom is -0.431 e. The lowest BCUT2D eigenvalue weighted by Crippen LogP contribution is -2.14. The summed E-state index contributed by atoms with van der Waals surface area (Å²) in [5.74, 6) is 0.802. The molecule has 2 aromatic rings. The minimum atomic E-state index is 0.604. The molecular formula is C21H28N4OS. The molecule has 6 heteroatoms. The molecule has 0 radical (unpaired) electrons. The predicted octanol–water partition coefficient (Wildman–Crippen LogP) is 5.47. The largest absolute Gasteiger partial charge is 0.431 e. The van der Waals surface area contributed by atoms with Gasteiger partial charge in [-0.15, -0.1) is 6.58 Å². The highest BCUT2D eigenvalue weighted by molar-refractivity contribution is 7.15. The lowest BCUT2D eigenvalue weighted by Gasteiger charge is -2.11. The third-order valence-corrected chi connectivity index (χ3v) is 5.29. The molecule has 0 N–H and O–H groups in total. The number of hydrogen-bond donors (Lipinski definition) is 0. The molecule has 1 aromatic heterocycles. The molecule has 0 aliphatic rings. The zero-order valence-corrected chi connectivity index (χ0v) is 17.9. The van der Waals surface area contributed by atoms with Gasteiger partial charge in [-0.05, 0) is 57.9 Å². The number of nitrogens with zero attached hydrogens (tertiary/aromatic N) is 4. The van der Waals surface area contributed by atoms with Crippen molar-refractivity contribution in [2.24, 2.45) is 9.98 Å². The first-order chi connectivity index (χ1) is 12.8. The second-order valence-corrected chi connectivity index (χ2v) is 7.39. The predicted molar refractivity (Wildman–Crippen MR) is 117 cm³/mol. The minimum absolute atomic E-state index is 0.604. The average Bonchev–Trinajstić information content (AvgIpc) is 3.01. The van der Waals surface area contributed by atoms with Crippen LogP contribution in [0.3, 0.4) is 0 Å². The van der Waals surface area contributed by atoms with Gasteiger partial charge in [0.05, 0.1) is 34.9 Å². The van der Waals surface area contributed by atoms with Crippen molar-refractivity contribution < 1.29 is 4.74 Å². The Morgan fingerprint density at radius 3 is 2.70 bits per heavy atom. The molecule has 0 unspecified atom stereocenters. The Morgan fingerprint density at radius 1 is 1.30 bits per heavy atom. The quantitative estimate of drug-likeness (QED) is 0.345. The van der Waals surface area contributed by atoms with E-state index in [0.29, 0.717) is 11.7 Å². The van der Waals surface area contributed by atoms with Gasteiger partial charge in [0, 0.05) is 13.6 Å². The fourth-order valence-electron chi connectivity index (χ4n) is 2.38. The Balaban J connectivity index is 2.24. The summed E-state index contributed by atoms with van der Waals surface area (Å²) >= 11 is 1.51. The maximum Gasteiger partial charge on any atom is 0.279 e. The summed E-state index contributed by atoms with van der Waals surface area (Å²) in [5.41, 5.74) is 4.92. The molecular weight excluding hydrogens is 356 g/mol. The lowest BCUT2D eigenvalue weighted by atomic mass is 10.1. The Hall–Kier alpha value is -2.47. The van der Waals surface area contributed by atoms with E-state index in [4.69, 9.17) is 4.74 Å². The molecule has 0 fully saturated rings. The van der Waals surface area contributed by atoms with Crippen LogP contribution >= 0.6 is 11.3 Å². The topological polar surface area (TPSA) is 50.1 Å². The molecule has 1 heterocycles. The van der Waals surface area contributed by atoms with Gasteiger partial charge in [0.2, 0.25) is 0 Å². The van der Waals surface area contributed by atoms with E-state index in [1.807, 2.05) is 58.1 Å². The zero-order chi connectivity index (χ0) is 20.0. The summed E-state index contributed by atoms with van der Waals surface area (Å²) in [4.78, 5) is 16.7. The van der Waals surface area contributed by atoms with Crippen LogP contribution in [0, 0.1) is 20.8 Å². The number of aryl methyl sites for hydroxylation is 3. The van der Waals surface area contributed by atoms with Crippen LogP contribution in [0.15, 0.2) is 34.8 Å². The molecule has 5 nitrogen and oxygen atoms in total. The summed E-state index contributed by atoms with van der Waals surface area (Å²) in [5, 5.41) is 0.625. The van der Waals surface area contributed by atoms with Crippen molar-refractivity contribution in [3.63, 3.8) is 0 Å². The number of thiazole rings is 1. The van der Waals surface area contributed by atoms with Crippen LogP contribution in [0.5, 0.6) is 10.9 Å². The van der Waals surface area contributed by atoms with Gasteiger partial charge in [-0.3, -0.25) is 4.99 Å². The molecule has 2 rings (SSSR count). The SMILES string of the molecule is C=CCN=C(C)c1sc(Oc2cc(C)c(N=CN(C)CC)cc2C)nc1C. The van der Waals surface area contributed by atoms with E-state index in [1.165, 1.54) is 11.3 Å². The van der Waals surface area contributed by atoms with Crippen LogP contribution < -0.4 is 4.74 Å². The maximum atomic E-state index is 6.08. The molecule has 0 aliphatic carbocycles. The van der Waals surface area contributed by atoms with Crippen molar-refractivity contribution in [1.29, 1.82) is 0 Å². The van der Waals surface area contributed by atoms with Gasteiger partial charge >= 0.3 is 0 Å². The van der Waals surface area contributed by atoms with Gasteiger partial charge < -0.3 is 9.64 Å². The number of aliphatic imine (C=N–C) groups is 2. The fraction of sp³-hybridized carbons (Fsp3) is 0.381. The van der Waals surface area contributed by atoms with E-state index >= 15 is 0 Å². The van der Waals surface area contributed by atoms with E-state index in [0.717, 1.165) is 45.4 Å². The monoisotopic (exact) mass is 384 g/mol. The normalized spacial score (nSPS) is 11.9. The van der Waals surface area contributed by atoms with Gasteiger partial charge in [0.25, 0.3) is 5.19 Å². The smallest absolute Gasteiger partial charge is 0.279 e. The first-order valence-electron chi connectivity index (χ1n) is 8.99. The number of rotatable bonds is 8. The molecule has 0 spiro atoms. The van der Waals surface area contributed by atoms with Gasteiger partial charge in [-0.2, -0.15) is 0 Å². The Labute approximate surface area is 166 Å². The molecule has 0 atom stereocenters. The number of aromatic nitrogens is 1. The van der Waals surface area contributed by atoms with Crippen LogP contribution in [0.2, 0.25) is 0 Å². The van der Waals surface area contributed by atoms with E-state index in [-0.39, 0.29) is 0 Å². The van der Waals surface area contributed by atoms with Gasteiger partial charge in [0.15, 0.2) is 0 Å². The van der Waals surface area contributed by atoms with E-state index in [9.17, 15) is 0 Å². The molecule has 0 amide bonds. The zero-order valence-electron chi connectivity index (χ0n) is 17.0. The third kappa shape index (κ3) is 5.50. The second kappa shape index (κ2) is 9.46. The van der Waals surface area contributed by atoms with Gasteiger partial charge in [-0.25, -0.2) is 9.98 Å². The summed E-state index contributed by atoms with van der Waals surface area (Å²) in [6, 6.07) is 4.06. The Morgan fingerprint density at radius 2 is 2.04 bits per heavy atom. The van der Waals surface area contributed by atoms with Crippen molar-refractivity contribution in [3.8, 4) is 10.9 Å². The third-order valence-electron chi connectivity index (χ3n) is 4.15. The maximum absolute atomic E-state index is 6.08. The number of benzene rings is 1. The molecule has 27 heavy (non-hydrogen) atoms. The van der Waals surface area contributed by atoms with Crippen LogP contribution in [-0.4, -0.2) is 42.1 Å². The van der Waals surface area contributed by atoms with Crippen LogP contribution in [0.4, 0.5) is 5.69 Å². The molecule has 144 valence electrons. The first kappa shape index (κ1) is 20.8. The van der Waals surface area contributed by atoms with Crippen LogP contribution in [0.25, 0.3) is 0 Å². The standard InChI is InChI=1S/C21H28N4OS/c1-8-10-22-16(5)20-17(6)24-21(27-20)26-19-12-14(3)18(11-15(19)4)23-13-25(7)9-2/h8,11-13H,1,9-10H2,2-7H3. The fourth-order valence-corrected chi connectivity index (χ4v) is 3.28. The molecule has 0 aliphatic heterocycles. The summed E-state index contributed by atoms with van der Waals surface area (Å²) in [6.07, 6.45) is 3.63. The summed E-state index contributed by atoms with van der Waals surface area (Å²) in [7, 11) is 2.01. The molecule has 1 aromatic carbocycles. The van der Waals surface area contributed by atoms with Crippen molar-refractivity contribution in [1.82, 2.24) is 9.88 Å². The van der Waals surface area contributed by atoms with Gasteiger partial charge in [0.1, 0.15) is 5.75 Å². The van der Waals surface area contributed by atoms with Crippen molar-refractivity contribution in [3.05, 3.63) is 46.5 Å². The first-order valence-corrected chi connectivity index (χ1v) is 9.80. The average molecular weight is 385 g/mol. The number of hydrogen-bond acceptors (Lipinski definition) is 5. The number of ether oxygens (including phenoxy) is 1. The van der Waals surface area contributed by atoms with Crippen LogP contribution in [0.1, 0.15) is 35.5 Å². The molecule has 0 bridgehead atoms. The Bertz CT molecular complexity index is 867. The van der Waals surface area contributed by atoms with Crippen molar-refractivity contribution >= 4 is 29.1 Å². The summed E-state index contributed by atoms with van der Waals surface area (Å²) < 4.78 is 6.08. The van der Waals surface area contributed by atoms with E-state index < -0.39 is 0 Å². The van der Waals surface area contributed by atoms with Gasteiger partial charge in [-0.1, -0.05) is 17.4 Å². The van der Waals surface area contributed by atoms with Crippen LogP contribution in [-0.2, 0) is 0 Å². The Kier molecular flexibility index (Phi) is 7.30. The van der Waals surface area contributed by atoms with E-state index in [2.05, 4.69) is 28.5 Å². The molecule has 0 saturated heterocycles. The second-order valence-electron chi connectivity index (χ2n) is 6.43. The van der Waals surface area contributed by atoms with Crippen molar-refractivity contribution in [2.75, 3.05) is 20.1 Å².